The standard InChI is InChI=1S/C31H30N4O3/c1-22(2)28(31(38)34-35(24-16-8-4-9-17-24)25-18-10-5-11-19-25)33-30(37)26-20-12-13-21-27(26)32-29(36)23-14-6-3-7-15-23/h3-22,28H,1-2H3,(H,32,36)(H,33,37)(H,34,38)/t28-/m1/s1. The van der Waals surface area contributed by atoms with Gasteiger partial charge in [-0.2, -0.15) is 0 Å². The summed E-state index contributed by atoms with van der Waals surface area (Å²) in [5.41, 5.74) is 5.61. The highest BCUT2D eigenvalue weighted by molar-refractivity contribution is 6.09. The Kier molecular flexibility index (Phi) is 8.51. The van der Waals surface area contributed by atoms with E-state index in [9.17, 15) is 14.4 Å². The number of para-hydroxylation sites is 3. The number of rotatable bonds is 9. The summed E-state index contributed by atoms with van der Waals surface area (Å²) in [5, 5.41) is 7.36. The summed E-state index contributed by atoms with van der Waals surface area (Å²) in [4.78, 5) is 39.6. The van der Waals surface area contributed by atoms with Crippen molar-refractivity contribution in [2.24, 2.45) is 5.92 Å². The number of carbonyl (C=O) groups is 3. The predicted octanol–water partition coefficient (Wildman–Crippen LogP) is 5.56. The second-order valence-corrected chi connectivity index (χ2v) is 9.04. The lowest BCUT2D eigenvalue weighted by Crippen LogP contribution is -2.53. The number of carbonyl (C=O) groups excluding carboxylic acids is 3. The van der Waals surface area contributed by atoms with Gasteiger partial charge in [-0.3, -0.25) is 24.8 Å². The molecular formula is C31H30N4O3. The van der Waals surface area contributed by atoms with E-state index < -0.39 is 11.9 Å². The van der Waals surface area contributed by atoms with Gasteiger partial charge in [-0.1, -0.05) is 80.6 Å². The van der Waals surface area contributed by atoms with Gasteiger partial charge in [-0.15, -0.1) is 0 Å². The van der Waals surface area contributed by atoms with Gasteiger partial charge in [0.25, 0.3) is 17.7 Å². The highest BCUT2D eigenvalue weighted by Gasteiger charge is 2.28. The van der Waals surface area contributed by atoms with E-state index in [1.54, 1.807) is 53.5 Å². The van der Waals surface area contributed by atoms with E-state index in [2.05, 4.69) is 16.1 Å². The molecule has 0 radical (unpaired) electrons. The molecule has 0 spiro atoms. The first-order valence-corrected chi connectivity index (χ1v) is 12.4. The Morgan fingerprint density at radius 3 is 1.68 bits per heavy atom. The van der Waals surface area contributed by atoms with Gasteiger partial charge in [-0.25, -0.2) is 0 Å². The number of benzene rings is 4. The van der Waals surface area contributed by atoms with Gasteiger partial charge in [0.05, 0.1) is 22.6 Å². The van der Waals surface area contributed by atoms with Crippen LogP contribution in [0.1, 0.15) is 34.6 Å². The van der Waals surface area contributed by atoms with Crippen molar-refractivity contribution < 1.29 is 14.4 Å². The second-order valence-electron chi connectivity index (χ2n) is 9.04. The molecule has 3 N–H and O–H groups in total. The van der Waals surface area contributed by atoms with E-state index in [0.29, 0.717) is 11.3 Å². The van der Waals surface area contributed by atoms with Crippen LogP contribution in [0.5, 0.6) is 0 Å². The van der Waals surface area contributed by atoms with Gasteiger partial charge in [0.2, 0.25) is 0 Å². The van der Waals surface area contributed by atoms with Gasteiger partial charge in [0, 0.05) is 5.56 Å². The monoisotopic (exact) mass is 506 g/mol. The van der Waals surface area contributed by atoms with Crippen LogP contribution < -0.4 is 21.1 Å². The minimum atomic E-state index is -0.838. The van der Waals surface area contributed by atoms with Gasteiger partial charge in [0.15, 0.2) is 0 Å². The van der Waals surface area contributed by atoms with Crippen LogP contribution in [-0.2, 0) is 4.79 Å². The zero-order valence-electron chi connectivity index (χ0n) is 21.3. The SMILES string of the molecule is CC(C)[C@@H](NC(=O)c1ccccc1NC(=O)c1ccccc1)C(=O)NN(c1ccccc1)c1ccccc1. The topological polar surface area (TPSA) is 90.5 Å². The van der Waals surface area contributed by atoms with Crippen LogP contribution in [0.25, 0.3) is 0 Å². The van der Waals surface area contributed by atoms with Crippen LogP contribution in [-0.4, -0.2) is 23.8 Å². The van der Waals surface area contributed by atoms with Crippen LogP contribution in [0.15, 0.2) is 115 Å². The van der Waals surface area contributed by atoms with Crippen LogP contribution in [0, 0.1) is 5.92 Å². The van der Waals surface area contributed by atoms with E-state index in [1.807, 2.05) is 80.6 Å². The summed E-state index contributed by atoms with van der Waals surface area (Å²) in [5.74, 6) is -1.37. The lowest BCUT2D eigenvalue weighted by molar-refractivity contribution is -0.123. The summed E-state index contributed by atoms with van der Waals surface area (Å²) < 4.78 is 0. The minimum Gasteiger partial charge on any atom is -0.340 e. The molecule has 7 nitrogen and oxygen atoms in total. The summed E-state index contributed by atoms with van der Waals surface area (Å²) in [6, 6.07) is 33.6. The molecule has 0 aliphatic rings. The third-order valence-corrected chi connectivity index (χ3v) is 5.94. The first-order valence-electron chi connectivity index (χ1n) is 12.4. The molecule has 4 aromatic carbocycles. The summed E-state index contributed by atoms with van der Waals surface area (Å²) >= 11 is 0. The van der Waals surface area contributed by atoms with E-state index in [0.717, 1.165) is 11.4 Å². The molecule has 192 valence electrons. The van der Waals surface area contributed by atoms with Crippen LogP contribution >= 0.6 is 0 Å². The Morgan fingerprint density at radius 1 is 0.632 bits per heavy atom. The van der Waals surface area contributed by atoms with E-state index in [4.69, 9.17) is 0 Å². The Hall–Kier alpha value is -4.91. The lowest BCUT2D eigenvalue weighted by Gasteiger charge is -2.29. The average Bonchev–Trinajstić information content (AvgIpc) is 2.96. The first-order chi connectivity index (χ1) is 18.4. The van der Waals surface area contributed by atoms with Crippen LogP contribution in [0.4, 0.5) is 17.1 Å². The lowest BCUT2D eigenvalue weighted by atomic mass is 10.0. The summed E-state index contributed by atoms with van der Waals surface area (Å²) in [7, 11) is 0. The third kappa shape index (κ3) is 6.44. The van der Waals surface area contributed by atoms with Crippen LogP contribution in [0.2, 0.25) is 0 Å². The predicted molar refractivity (Wildman–Crippen MR) is 150 cm³/mol. The number of nitrogens with one attached hydrogen (secondary N) is 3. The van der Waals surface area contributed by atoms with Crippen molar-refractivity contribution in [3.8, 4) is 0 Å². The number of anilines is 3. The highest BCUT2D eigenvalue weighted by Crippen LogP contribution is 2.23. The quantitative estimate of drug-likeness (QED) is 0.259. The van der Waals surface area contributed by atoms with Crippen molar-refractivity contribution in [2.45, 2.75) is 19.9 Å². The zero-order chi connectivity index (χ0) is 26.9. The van der Waals surface area contributed by atoms with E-state index in [-0.39, 0.29) is 23.3 Å². The molecule has 0 bridgehead atoms. The number of amides is 3. The minimum absolute atomic E-state index is 0.210. The summed E-state index contributed by atoms with van der Waals surface area (Å²) in [6.45, 7) is 3.73. The molecule has 4 rings (SSSR count). The fourth-order valence-corrected chi connectivity index (χ4v) is 3.94. The number of hydrazine groups is 1. The average molecular weight is 507 g/mol. The molecule has 0 heterocycles. The van der Waals surface area contributed by atoms with Gasteiger partial charge in [-0.05, 0) is 54.4 Å². The van der Waals surface area contributed by atoms with Gasteiger partial charge in [0.1, 0.15) is 6.04 Å². The van der Waals surface area contributed by atoms with Crippen molar-refractivity contribution in [1.29, 1.82) is 0 Å². The fourth-order valence-electron chi connectivity index (χ4n) is 3.94. The molecule has 0 unspecified atom stereocenters. The molecule has 3 amide bonds. The second kappa shape index (κ2) is 12.4. The maximum atomic E-state index is 13.5. The first kappa shape index (κ1) is 26.2. The smallest absolute Gasteiger partial charge is 0.261 e. The van der Waals surface area contributed by atoms with Gasteiger partial charge < -0.3 is 10.6 Å². The number of nitrogens with zero attached hydrogens (tertiary/aromatic N) is 1. The fraction of sp³-hybridized carbons (Fsp3) is 0.129. The summed E-state index contributed by atoms with van der Waals surface area (Å²) in [6.07, 6.45) is 0. The molecule has 0 saturated heterocycles. The van der Waals surface area contributed by atoms with E-state index >= 15 is 0 Å². The molecule has 0 aromatic heterocycles. The Balaban J connectivity index is 1.53. The molecule has 0 saturated carbocycles. The molecular weight excluding hydrogens is 476 g/mol. The Labute approximate surface area is 222 Å². The molecule has 4 aromatic rings. The maximum Gasteiger partial charge on any atom is 0.261 e. The Morgan fingerprint density at radius 2 is 1.13 bits per heavy atom. The van der Waals surface area contributed by atoms with Crippen molar-refractivity contribution in [2.75, 3.05) is 10.3 Å². The molecule has 0 fully saturated rings. The van der Waals surface area contributed by atoms with Crippen LogP contribution in [0.3, 0.4) is 0 Å². The van der Waals surface area contributed by atoms with Gasteiger partial charge >= 0.3 is 0 Å². The zero-order valence-corrected chi connectivity index (χ0v) is 21.3. The Bertz CT molecular complexity index is 1340. The molecule has 7 heteroatoms. The van der Waals surface area contributed by atoms with Crippen molar-refractivity contribution in [1.82, 2.24) is 10.7 Å². The van der Waals surface area contributed by atoms with E-state index in [1.165, 1.54) is 0 Å². The third-order valence-electron chi connectivity index (χ3n) is 5.94. The normalized spacial score (nSPS) is 11.3. The maximum absolute atomic E-state index is 13.5. The molecule has 0 aliphatic heterocycles. The molecule has 1 atom stereocenters. The highest BCUT2D eigenvalue weighted by atomic mass is 16.2. The van der Waals surface area contributed by atoms with Crippen molar-refractivity contribution in [3.63, 3.8) is 0 Å². The molecule has 0 aliphatic carbocycles. The largest absolute Gasteiger partial charge is 0.340 e. The number of hydrogen-bond donors (Lipinski definition) is 3. The molecule has 38 heavy (non-hydrogen) atoms. The van der Waals surface area contributed by atoms with Crippen molar-refractivity contribution >= 4 is 34.8 Å². The van der Waals surface area contributed by atoms with Crippen molar-refractivity contribution in [3.05, 3.63) is 126 Å². The number of hydrogen-bond acceptors (Lipinski definition) is 4.